The van der Waals surface area contributed by atoms with Crippen LogP contribution in [-0.2, 0) is 13.5 Å². The van der Waals surface area contributed by atoms with Gasteiger partial charge in [-0.05, 0) is 30.2 Å². The van der Waals surface area contributed by atoms with Gasteiger partial charge in [-0.15, -0.1) is 0 Å². The second-order valence-electron chi connectivity index (χ2n) is 3.74. The number of aryl methyl sites for hydroxylation is 2. The third-order valence-corrected chi connectivity index (χ3v) is 2.76. The predicted octanol–water partition coefficient (Wildman–Crippen LogP) is 2.30. The summed E-state index contributed by atoms with van der Waals surface area (Å²) in [6.45, 7) is 0. The van der Waals surface area contributed by atoms with Crippen LogP contribution in [0.1, 0.15) is 24.0 Å². The standard InChI is InChI=1S/C11H14ClN3O/c1-15-7-6-14-11(15)5-2-8(13)9-3-4-10(12)16-9/h3-4,6-8H,2,5,13H2,1H3. The van der Waals surface area contributed by atoms with Crippen molar-refractivity contribution >= 4 is 11.6 Å². The van der Waals surface area contributed by atoms with E-state index in [2.05, 4.69) is 4.98 Å². The maximum atomic E-state index is 5.99. The van der Waals surface area contributed by atoms with Crippen molar-refractivity contribution in [1.82, 2.24) is 9.55 Å². The van der Waals surface area contributed by atoms with E-state index >= 15 is 0 Å². The van der Waals surface area contributed by atoms with Crippen molar-refractivity contribution < 1.29 is 4.42 Å². The molecule has 0 aliphatic carbocycles. The molecule has 0 saturated heterocycles. The lowest BCUT2D eigenvalue weighted by molar-refractivity contribution is 0.450. The van der Waals surface area contributed by atoms with Gasteiger partial charge >= 0.3 is 0 Å². The molecule has 16 heavy (non-hydrogen) atoms. The molecule has 0 aliphatic heterocycles. The van der Waals surface area contributed by atoms with Crippen molar-refractivity contribution in [2.45, 2.75) is 18.9 Å². The maximum absolute atomic E-state index is 5.99. The number of rotatable bonds is 4. The van der Waals surface area contributed by atoms with Gasteiger partial charge in [0.15, 0.2) is 5.22 Å². The molecule has 0 bridgehead atoms. The summed E-state index contributed by atoms with van der Waals surface area (Å²) in [6, 6.07) is 3.38. The van der Waals surface area contributed by atoms with Gasteiger partial charge in [-0.25, -0.2) is 4.98 Å². The van der Waals surface area contributed by atoms with Crippen LogP contribution in [0.5, 0.6) is 0 Å². The summed E-state index contributed by atoms with van der Waals surface area (Å²) in [5.74, 6) is 1.74. The lowest BCUT2D eigenvalue weighted by Gasteiger charge is -2.08. The molecule has 0 spiro atoms. The minimum absolute atomic E-state index is 0.135. The zero-order valence-electron chi connectivity index (χ0n) is 9.06. The number of imidazole rings is 1. The number of hydrogen-bond acceptors (Lipinski definition) is 3. The van der Waals surface area contributed by atoms with E-state index in [9.17, 15) is 0 Å². The van der Waals surface area contributed by atoms with Gasteiger partial charge in [0.05, 0.1) is 6.04 Å². The smallest absolute Gasteiger partial charge is 0.193 e. The Morgan fingerprint density at radius 2 is 2.38 bits per heavy atom. The summed E-state index contributed by atoms with van der Waals surface area (Å²) in [5.41, 5.74) is 5.99. The van der Waals surface area contributed by atoms with E-state index in [1.165, 1.54) is 0 Å². The van der Waals surface area contributed by atoms with Gasteiger partial charge in [0.25, 0.3) is 0 Å². The fraction of sp³-hybridized carbons (Fsp3) is 0.364. The lowest BCUT2D eigenvalue weighted by Crippen LogP contribution is -2.11. The van der Waals surface area contributed by atoms with Crippen molar-refractivity contribution in [1.29, 1.82) is 0 Å². The molecular formula is C11H14ClN3O. The molecule has 1 unspecified atom stereocenters. The minimum Gasteiger partial charge on any atom is -0.448 e. The van der Waals surface area contributed by atoms with E-state index in [1.54, 1.807) is 12.3 Å². The highest BCUT2D eigenvalue weighted by Gasteiger charge is 2.11. The van der Waals surface area contributed by atoms with Crippen LogP contribution in [0.4, 0.5) is 0 Å². The van der Waals surface area contributed by atoms with E-state index in [0.29, 0.717) is 5.22 Å². The highest BCUT2D eigenvalue weighted by molar-refractivity contribution is 6.28. The van der Waals surface area contributed by atoms with Gasteiger partial charge in [0, 0.05) is 25.9 Å². The maximum Gasteiger partial charge on any atom is 0.193 e. The van der Waals surface area contributed by atoms with Crippen molar-refractivity contribution in [3.05, 3.63) is 41.3 Å². The first kappa shape index (κ1) is 11.2. The normalized spacial score (nSPS) is 12.9. The van der Waals surface area contributed by atoms with Gasteiger partial charge < -0.3 is 14.7 Å². The molecule has 2 aromatic rings. The quantitative estimate of drug-likeness (QED) is 0.891. The molecular weight excluding hydrogens is 226 g/mol. The minimum atomic E-state index is -0.135. The Kier molecular flexibility index (Phi) is 3.31. The number of aromatic nitrogens is 2. The number of hydrogen-bond donors (Lipinski definition) is 1. The molecule has 2 heterocycles. The molecule has 86 valence electrons. The first-order valence-corrected chi connectivity index (χ1v) is 5.51. The monoisotopic (exact) mass is 239 g/mol. The summed E-state index contributed by atoms with van der Waals surface area (Å²) < 4.78 is 7.25. The van der Waals surface area contributed by atoms with Crippen molar-refractivity contribution in [3.63, 3.8) is 0 Å². The van der Waals surface area contributed by atoms with Crippen LogP contribution in [0.3, 0.4) is 0 Å². The second kappa shape index (κ2) is 4.72. The fourth-order valence-electron chi connectivity index (χ4n) is 1.59. The van der Waals surface area contributed by atoms with Crippen molar-refractivity contribution in [2.24, 2.45) is 12.8 Å². The second-order valence-corrected chi connectivity index (χ2v) is 4.11. The van der Waals surface area contributed by atoms with Gasteiger partial charge in [0.1, 0.15) is 11.6 Å². The van der Waals surface area contributed by atoms with Crippen LogP contribution in [0.25, 0.3) is 0 Å². The Balaban J connectivity index is 1.93. The Hall–Kier alpha value is -1.26. The third-order valence-electron chi connectivity index (χ3n) is 2.56. The molecule has 1 atom stereocenters. The van der Waals surface area contributed by atoms with Crippen molar-refractivity contribution in [2.75, 3.05) is 0 Å². The van der Waals surface area contributed by atoms with Crippen LogP contribution < -0.4 is 5.73 Å². The van der Waals surface area contributed by atoms with E-state index in [0.717, 1.165) is 24.4 Å². The van der Waals surface area contributed by atoms with E-state index in [-0.39, 0.29) is 6.04 Å². The SMILES string of the molecule is Cn1ccnc1CCC(N)c1ccc(Cl)o1. The Bertz CT molecular complexity index is 463. The molecule has 0 aliphatic rings. The molecule has 4 nitrogen and oxygen atoms in total. The Labute approximate surface area is 99.0 Å². The highest BCUT2D eigenvalue weighted by Crippen LogP contribution is 2.21. The highest BCUT2D eigenvalue weighted by atomic mass is 35.5. The number of nitrogens with two attached hydrogens (primary N) is 1. The first-order valence-electron chi connectivity index (χ1n) is 5.14. The van der Waals surface area contributed by atoms with Crippen LogP contribution in [0, 0.1) is 0 Å². The zero-order chi connectivity index (χ0) is 11.5. The summed E-state index contributed by atoms with van der Waals surface area (Å²) >= 11 is 5.69. The van der Waals surface area contributed by atoms with E-state index in [1.807, 2.05) is 23.9 Å². The summed E-state index contributed by atoms with van der Waals surface area (Å²) in [5, 5.41) is 0.377. The Morgan fingerprint density at radius 1 is 1.56 bits per heavy atom. The first-order chi connectivity index (χ1) is 7.66. The summed E-state index contributed by atoms with van der Waals surface area (Å²) in [4.78, 5) is 4.24. The van der Waals surface area contributed by atoms with Gasteiger partial charge in [-0.1, -0.05) is 0 Å². The Morgan fingerprint density at radius 3 is 2.94 bits per heavy atom. The van der Waals surface area contributed by atoms with Crippen LogP contribution in [0.2, 0.25) is 5.22 Å². The molecule has 0 fully saturated rings. The fourth-order valence-corrected chi connectivity index (χ4v) is 1.74. The summed E-state index contributed by atoms with van der Waals surface area (Å²) in [6.07, 6.45) is 5.31. The van der Waals surface area contributed by atoms with Gasteiger partial charge in [0.2, 0.25) is 0 Å². The predicted molar refractivity (Wildman–Crippen MR) is 62.2 cm³/mol. The largest absolute Gasteiger partial charge is 0.448 e. The summed E-state index contributed by atoms with van der Waals surface area (Å²) in [7, 11) is 1.97. The molecule has 2 rings (SSSR count). The number of nitrogens with zero attached hydrogens (tertiary/aromatic N) is 2. The number of halogens is 1. The molecule has 0 aromatic carbocycles. The van der Waals surface area contributed by atoms with Crippen LogP contribution in [-0.4, -0.2) is 9.55 Å². The van der Waals surface area contributed by atoms with E-state index < -0.39 is 0 Å². The third kappa shape index (κ3) is 2.46. The molecule has 0 radical (unpaired) electrons. The molecule has 2 aromatic heterocycles. The van der Waals surface area contributed by atoms with Crippen molar-refractivity contribution in [3.8, 4) is 0 Å². The molecule has 5 heteroatoms. The number of furan rings is 1. The van der Waals surface area contributed by atoms with Gasteiger partial charge in [-0.2, -0.15) is 0 Å². The lowest BCUT2D eigenvalue weighted by atomic mass is 10.1. The molecule has 2 N–H and O–H groups in total. The topological polar surface area (TPSA) is 57.0 Å². The average molecular weight is 240 g/mol. The van der Waals surface area contributed by atoms with Gasteiger partial charge in [-0.3, -0.25) is 0 Å². The molecule has 0 saturated carbocycles. The molecule has 0 amide bonds. The average Bonchev–Trinajstić information content (AvgIpc) is 2.84. The van der Waals surface area contributed by atoms with Crippen LogP contribution in [0.15, 0.2) is 28.9 Å². The van der Waals surface area contributed by atoms with Crippen LogP contribution >= 0.6 is 11.6 Å². The zero-order valence-corrected chi connectivity index (χ0v) is 9.81. The van der Waals surface area contributed by atoms with E-state index in [4.69, 9.17) is 21.8 Å².